The van der Waals surface area contributed by atoms with Crippen molar-refractivity contribution in [3.05, 3.63) is 85.1 Å². The average molecular weight is 1360 g/mol. The maximum atomic E-state index is 13.0. The maximum Gasteiger partial charge on any atom is 0.361 e. The van der Waals surface area contributed by atoms with Gasteiger partial charge < -0.3 is 28.5 Å². The van der Waals surface area contributed by atoms with E-state index in [0.717, 1.165) is 77.0 Å². The second kappa shape index (κ2) is 78.2. The number of quaternary nitrogens is 1. The lowest BCUT2D eigenvalue weighted by Gasteiger charge is -2.25. The van der Waals surface area contributed by atoms with Crippen molar-refractivity contribution >= 4 is 17.9 Å². The summed E-state index contributed by atoms with van der Waals surface area (Å²) in [5, 5.41) is 9.78. The van der Waals surface area contributed by atoms with Crippen molar-refractivity contribution in [1.29, 1.82) is 0 Å². The molecule has 0 spiro atoms. The Bertz CT molecular complexity index is 1870. The van der Waals surface area contributed by atoms with Gasteiger partial charge in [0, 0.05) is 12.8 Å². The third-order valence-electron chi connectivity index (χ3n) is 18.6. The molecule has 0 aliphatic carbocycles. The van der Waals surface area contributed by atoms with Crippen LogP contribution >= 0.6 is 0 Å². The van der Waals surface area contributed by atoms with Gasteiger partial charge in [-0.25, -0.2) is 4.79 Å². The van der Waals surface area contributed by atoms with Crippen LogP contribution in [0.5, 0.6) is 0 Å². The molecule has 564 valence electrons. The molecule has 0 heterocycles. The first kappa shape index (κ1) is 93.5. The van der Waals surface area contributed by atoms with Gasteiger partial charge >= 0.3 is 17.9 Å². The zero-order chi connectivity index (χ0) is 70.4. The van der Waals surface area contributed by atoms with E-state index in [2.05, 4.69) is 98.9 Å². The van der Waals surface area contributed by atoms with Crippen LogP contribution in [-0.2, 0) is 33.3 Å². The van der Waals surface area contributed by atoms with Gasteiger partial charge in [0.25, 0.3) is 6.29 Å². The number of carboxylic acids is 1. The second-order valence-electron chi connectivity index (χ2n) is 29.4. The molecule has 0 saturated heterocycles. The van der Waals surface area contributed by atoms with Crippen molar-refractivity contribution in [2.75, 3.05) is 47.5 Å². The van der Waals surface area contributed by atoms with Crippen LogP contribution in [0.25, 0.3) is 0 Å². The average Bonchev–Trinajstić information content (AvgIpc) is 2.39. The summed E-state index contributed by atoms with van der Waals surface area (Å²) in [5.41, 5.74) is 0. The standard InChI is InChI=1S/C88H159NO8/c1-6-8-10-12-14-16-18-20-22-24-26-28-30-32-34-36-38-40-41-42-43-44-45-47-49-51-53-55-57-59-61-63-65-67-69-71-73-75-77-79-86(91)97-84(83-96-88(87(92)93)94-81-80-89(3,4)5)82-95-85(90)78-76-74-72-70-68-66-64-62-60-58-56-54-52-50-48-46-39-37-35-33-31-29-27-25-23-21-19-17-15-13-11-9-7-2/h8,10,14,16,19-22,25-28,32,34,84,88H,6-7,9,11-13,15,17-18,23-24,29-31,33,35-83H2,1-5H3/p+1/b10-8-,16-14-,21-19-,22-20-,27-25-,28-26-,34-32-. The van der Waals surface area contributed by atoms with Crippen molar-refractivity contribution in [2.45, 2.75) is 411 Å². The van der Waals surface area contributed by atoms with E-state index in [1.54, 1.807) is 0 Å². The van der Waals surface area contributed by atoms with E-state index >= 15 is 0 Å². The molecule has 0 aliphatic rings. The molecule has 0 fully saturated rings. The highest BCUT2D eigenvalue weighted by Crippen LogP contribution is 2.20. The Morgan fingerprint density at radius 1 is 0.320 bits per heavy atom. The molecule has 0 bridgehead atoms. The molecule has 97 heavy (non-hydrogen) atoms. The molecular weight excluding hydrogens is 1200 g/mol. The number of allylic oxidation sites excluding steroid dienone is 14. The predicted octanol–water partition coefficient (Wildman–Crippen LogP) is 26.9. The summed E-state index contributed by atoms with van der Waals surface area (Å²) in [5.74, 6) is -1.98. The molecular formula is C88H160NO8+. The van der Waals surface area contributed by atoms with Crippen LogP contribution < -0.4 is 0 Å². The van der Waals surface area contributed by atoms with Crippen LogP contribution in [0, 0.1) is 0 Å². The summed E-state index contributed by atoms with van der Waals surface area (Å²) in [6, 6.07) is 0. The molecule has 0 aromatic rings. The van der Waals surface area contributed by atoms with Crippen LogP contribution in [0.4, 0.5) is 0 Å². The number of rotatable bonds is 78. The lowest BCUT2D eigenvalue weighted by molar-refractivity contribution is -0.870. The minimum absolute atomic E-state index is 0.178. The van der Waals surface area contributed by atoms with Gasteiger partial charge in [0.15, 0.2) is 6.10 Å². The highest BCUT2D eigenvalue weighted by atomic mass is 16.7. The number of nitrogens with zero attached hydrogens (tertiary/aromatic N) is 1. The number of unbranched alkanes of at least 4 members (excludes halogenated alkanes) is 49. The zero-order valence-corrected chi connectivity index (χ0v) is 64.7. The lowest BCUT2D eigenvalue weighted by Crippen LogP contribution is -2.40. The summed E-state index contributed by atoms with van der Waals surface area (Å²) in [6.45, 7) is 4.82. The number of carbonyl (C=O) groups excluding carboxylic acids is 2. The first-order valence-corrected chi connectivity index (χ1v) is 41.8. The molecule has 0 aromatic heterocycles. The molecule has 0 saturated carbocycles. The van der Waals surface area contributed by atoms with Gasteiger partial charge in [0.05, 0.1) is 34.4 Å². The Hall–Kier alpha value is -3.53. The number of carbonyl (C=O) groups is 3. The van der Waals surface area contributed by atoms with Crippen molar-refractivity contribution in [3.63, 3.8) is 0 Å². The largest absolute Gasteiger partial charge is 0.477 e. The van der Waals surface area contributed by atoms with Gasteiger partial charge in [-0.15, -0.1) is 0 Å². The van der Waals surface area contributed by atoms with E-state index in [9.17, 15) is 19.5 Å². The topological polar surface area (TPSA) is 108 Å². The molecule has 9 nitrogen and oxygen atoms in total. The van der Waals surface area contributed by atoms with E-state index in [1.807, 2.05) is 21.1 Å². The fourth-order valence-electron chi connectivity index (χ4n) is 12.3. The van der Waals surface area contributed by atoms with Crippen molar-refractivity contribution in [2.24, 2.45) is 0 Å². The molecule has 1 N–H and O–H groups in total. The Morgan fingerprint density at radius 3 is 0.876 bits per heavy atom. The minimum atomic E-state index is -1.51. The summed E-state index contributed by atoms with van der Waals surface area (Å²) >= 11 is 0. The van der Waals surface area contributed by atoms with E-state index < -0.39 is 18.4 Å². The van der Waals surface area contributed by atoms with Crippen LogP contribution in [-0.4, -0.2) is 87.4 Å². The van der Waals surface area contributed by atoms with E-state index in [0.29, 0.717) is 17.4 Å². The monoisotopic (exact) mass is 1360 g/mol. The van der Waals surface area contributed by atoms with Crippen LogP contribution in [0.2, 0.25) is 0 Å². The number of ether oxygens (including phenoxy) is 4. The van der Waals surface area contributed by atoms with E-state index in [-0.39, 0.29) is 38.2 Å². The van der Waals surface area contributed by atoms with Gasteiger partial charge in [-0.05, 0) is 89.9 Å². The summed E-state index contributed by atoms with van der Waals surface area (Å²) in [6.07, 6.45) is 105. The molecule has 0 aliphatic heterocycles. The molecule has 0 radical (unpaired) electrons. The minimum Gasteiger partial charge on any atom is -0.477 e. The second-order valence-corrected chi connectivity index (χ2v) is 29.4. The number of likely N-dealkylation sites (N-methyl/N-ethyl adjacent to an activating group) is 1. The van der Waals surface area contributed by atoms with Crippen LogP contribution in [0.15, 0.2) is 85.1 Å². The molecule has 0 aromatic carbocycles. The fraction of sp³-hybridized carbons (Fsp3) is 0.807. The Morgan fingerprint density at radius 2 is 0.588 bits per heavy atom. The van der Waals surface area contributed by atoms with Crippen LogP contribution in [0.1, 0.15) is 399 Å². The Kier molecular flexibility index (Phi) is 75.3. The quantitative estimate of drug-likeness (QED) is 0.0211. The van der Waals surface area contributed by atoms with Crippen molar-refractivity contribution in [1.82, 2.24) is 0 Å². The first-order chi connectivity index (χ1) is 47.6. The third kappa shape index (κ3) is 79.7. The summed E-state index contributed by atoms with van der Waals surface area (Å²) in [7, 11) is 6.00. The number of hydrogen-bond donors (Lipinski definition) is 1. The third-order valence-corrected chi connectivity index (χ3v) is 18.6. The van der Waals surface area contributed by atoms with Crippen LogP contribution in [0.3, 0.4) is 0 Å². The predicted molar refractivity (Wildman–Crippen MR) is 419 cm³/mol. The molecule has 0 rings (SSSR count). The summed E-state index contributed by atoms with van der Waals surface area (Å²) < 4.78 is 23.1. The van der Waals surface area contributed by atoms with Gasteiger partial charge in [-0.2, -0.15) is 0 Å². The number of hydrogen-bond acceptors (Lipinski definition) is 7. The highest BCUT2D eigenvalue weighted by molar-refractivity contribution is 5.71. The van der Waals surface area contributed by atoms with Crippen molar-refractivity contribution in [3.8, 4) is 0 Å². The van der Waals surface area contributed by atoms with E-state index in [4.69, 9.17) is 18.9 Å². The van der Waals surface area contributed by atoms with Gasteiger partial charge in [-0.1, -0.05) is 381 Å². The number of carboxylic acid groups (broad SMARTS) is 1. The van der Waals surface area contributed by atoms with Gasteiger partial charge in [0.2, 0.25) is 0 Å². The van der Waals surface area contributed by atoms with Crippen molar-refractivity contribution < 1.29 is 42.9 Å². The number of esters is 2. The molecule has 9 heteroatoms. The maximum absolute atomic E-state index is 13.0. The van der Waals surface area contributed by atoms with Gasteiger partial charge in [0.1, 0.15) is 13.2 Å². The smallest absolute Gasteiger partial charge is 0.361 e. The van der Waals surface area contributed by atoms with Gasteiger partial charge in [-0.3, -0.25) is 9.59 Å². The Balaban J connectivity index is 3.96. The first-order valence-electron chi connectivity index (χ1n) is 41.8. The number of aliphatic carboxylic acids is 1. The summed E-state index contributed by atoms with van der Waals surface area (Å²) in [4.78, 5) is 37.8. The normalized spacial score (nSPS) is 13.0. The molecule has 0 amide bonds. The zero-order valence-electron chi connectivity index (χ0n) is 64.7. The lowest BCUT2D eigenvalue weighted by atomic mass is 10.0. The Labute approximate surface area is 601 Å². The fourth-order valence-corrected chi connectivity index (χ4v) is 12.3. The SMILES string of the molecule is CC/C=C\C/C=C\C/C=C\C/C=C\C/C=C\CCCCCCCCCCCCCCCCCCCCCCCCCC(=O)OC(COC(=O)CCCCCCCCCCCCCCCCCCCCCCC/C=C\C/C=C\CCCCCCC)COC(OCC[N+](C)(C)C)C(=O)O. The van der Waals surface area contributed by atoms with E-state index in [1.165, 1.54) is 295 Å². The molecule has 2 atom stereocenters. The highest BCUT2D eigenvalue weighted by Gasteiger charge is 2.25. The molecule has 2 unspecified atom stereocenters.